The molecule has 1 aliphatic heterocycles. The van der Waals surface area contributed by atoms with Gasteiger partial charge < -0.3 is 30.7 Å². The molecule has 0 aromatic carbocycles. The second-order valence-electron chi connectivity index (χ2n) is 9.19. The normalized spacial score (nSPS) is 28.9. The Labute approximate surface area is 201 Å². The zero-order valence-electron chi connectivity index (χ0n) is 20.0. The van der Waals surface area contributed by atoms with E-state index in [0.717, 1.165) is 32.1 Å². The number of fused-ring (bicyclic) bond motifs is 1. The maximum Gasteiger partial charge on any atom is 0.227 e. The van der Waals surface area contributed by atoms with Gasteiger partial charge in [0.05, 0.1) is 25.5 Å². The molecule has 2 aliphatic rings. The third-order valence-corrected chi connectivity index (χ3v) is 6.83. The Bertz CT molecular complexity index is 1160. The third-order valence-electron chi connectivity index (χ3n) is 6.83. The standard InChI is InChI=1S/C21H32N10O4/c1-4-10(5-2)23-17-13-19(26-21(25-17)24-11-7-6-8-12(11)32)31(9-22-13)20-15(34)14(33)16(35-20)18-27-29-30(3)28-18/h9-12,14-16,20,32-34H,4-8H2,1-3H3,(H2,23,24,25,26)/t11-,12-,14+,15-,16+,20-/m1/s1. The number of rotatable bonds is 8. The van der Waals surface area contributed by atoms with E-state index in [2.05, 4.69) is 54.8 Å². The molecule has 5 N–H and O–H groups in total. The van der Waals surface area contributed by atoms with Gasteiger partial charge in [-0.15, -0.1) is 10.2 Å². The van der Waals surface area contributed by atoms with Gasteiger partial charge in [-0.2, -0.15) is 14.8 Å². The number of nitrogens with zero attached hydrogens (tertiary/aromatic N) is 8. The smallest absolute Gasteiger partial charge is 0.227 e. The first kappa shape index (κ1) is 23.8. The van der Waals surface area contributed by atoms with Gasteiger partial charge in [0, 0.05) is 6.04 Å². The van der Waals surface area contributed by atoms with Gasteiger partial charge in [0.1, 0.15) is 12.2 Å². The van der Waals surface area contributed by atoms with Gasteiger partial charge >= 0.3 is 0 Å². The number of aromatic nitrogens is 8. The summed E-state index contributed by atoms with van der Waals surface area (Å²) < 4.78 is 7.57. The van der Waals surface area contributed by atoms with Gasteiger partial charge in [-0.05, 0) is 37.3 Å². The molecule has 14 heteroatoms. The first-order valence-corrected chi connectivity index (χ1v) is 12.1. The second kappa shape index (κ2) is 9.60. The molecule has 0 radical (unpaired) electrons. The molecule has 0 unspecified atom stereocenters. The number of hydrogen-bond acceptors (Lipinski definition) is 12. The highest BCUT2D eigenvalue weighted by Gasteiger charge is 2.47. The minimum atomic E-state index is -1.28. The molecule has 0 bridgehead atoms. The van der Waals surface area contributed by atoms with Crippen molar-refractivity contribution < 1.29 is 20.1 Å². The van der Waals surface area contributed by atoms with Crippen LogP contribution in [-0.2, 0) is 11.8 Å². The first-order chi connectivity index (χ1) is 16.9. The molecule has 0 spiro atoms. The van der Waals surface area contributed by atoms with E-state index in [0.29, 0.717) is 22.9 Å². The fraction of sp³-hybridized carbons (Fsp3) is 0.714. The lowest BCUT2D eigenvalue weighted by molar-refractivity contribution is -0.0384. The molecule has 0 amide bonds. The molecule has 3 aromatic rings. The van der Waals surface area contributed by atoms with Crippen LogP contribution in [0.15, 0.2) is 6.33 Å². The predicted octanol–water partition coefficient (Wildman–Crippen LogP) is 0.268. The van der Waals surface area contributed by atoms with Crippen molar-refractivity contribution in [2.45, 2.75) is 88.7 Å². The van der Waals surface area contributed by atoms with E-state index in [4.69, 9.17) is 4.74 Å². The van der Waals surface area contributed by atoms with Crippen molar-refractivity contribution in [2.24, 2.45) is 7.05 Å². The Morgan fingerprint density at radius 3 is 2.60 bits per heavy atom. The van der Waals surface area contributed by atoms with Crippen LogP contribution in [0.3, 0.4) is 0 Å². The maximum atomic E-state index is 10.8. The molecular weight excluding hydrogens is 456 g/mol. The average Bonchev–Trinajstić information content (AvgIpc) is 3.62. The monoisotopic (exact) mass is 488 g/mol. The van der Waals surface area contributed by atoms with Crippen LogP contribution in [0.25, 0.3) is 11.2 Å². The summed E-state index contributed by atoms with van der Waals surface area (Å²) in [5.74, 6) is 1.07. The van der Waals surface area contributed by atoms with Crippen LogP contribution in [0.4, 0.5) is 11.8 Å². The minimum absolute atomic E-state index is 0.146. The van der Waals surface area contributed by atoms with Gasteiger partial charge in [0.2, 0.25) is 11.8 Å². The number of aryl methyl sites for hydroxylation is 1. The van der Waals surface area contributed by atoms with E-state index in [9.17, 15) is 15.3 Å². The lowest BCUT2D eigenvalue weighted by Crippen LogP contribution is -2.30. The van der Waals surface area contributed by atoms with E-state index in [-0.39, 0.29) is 17.9 Å². The quantitative estimate of drug-likeness (QED) is 0.292. The molecule has 14 nitrogen and oxygen atoms in total. The highest BCUT2D eigenvalue weighted by atomic mass is 16.6. The number of ether oxygens (including phenoxy) is 1. The Morgan fingerprint density at radius 1 is 1.14 bits per heavy atom. The van der Waals surface area contributed by atoms with Crippen molar-refractivity contribution >= 4 is 22.9 Å². The van der Waals surface area contributed by atoms with Crippen molar-refractivity contribution in [3.63, 3.8) is 0 Å². The average molecular weight is 489 g/mol. The van der Waals surface area contributed by atoms with Gasteiger partial charge in [-0.1, -0.05) is 13.8 Å². The number of hydrogen-bond donors (Lipinski definition) is 5. The van der Waals surface area contributed by atoms with Gasteiger partial charge in [-0.25, -0.2) is 4.98 Å². The first-order valence-electron chi connectivity index (χ1n) is 12.1. The van der Waals surface area contributed by atoms with Gasteiger partial charge in [0.15, 0.2) is 29.3 Å². The van der Waals surface area contributed by atoms with E-state index in [1.807, 2.05) is 0 Å². The molecule has 1 saturated heterocycles. The molecule has 190 valence electrons. The van der Waals surface area contributed by atoms with Crippen LogP contribution in [0.5, 0.6) is 0 Å². The lowest BCUT2D eigenvalue weighted by Gasteiger charge is -2.20. The zero-order chi connectivity index (χ0) is 24.7. The molecule has 35 heavy (non-hydrogen) atoms. The highest BCUT2D eigenvalue weighted by Crippen LogP contribution is 2.39. The Morgan fingerprint density at radius 2 is 1.94 bits per heavy atom. The van der Waals surface area contributed by atoms with Crippen molar-refractivity contribution in [3.8, 4) is 0 Å². The summed E-state index contributed by atoms with van der Waals surface area (Å²) in [4.78, 5) is 15.1. The zero-order valence-corrected chi connectivity index (χ0v) is 20.0. The third kappa shape index (κ3) is 4.42. The molecule has 1 aliphatic carbocycles. The number of anilines is 2. The Kier molecular flexibility index (Phi) is 6.53. The summed E-state index contributed by atoms with van der Waals surface area (Å²) >= 11 is 0. The second-order valence-corrected chi connectivity index (χ2v) is 9.19. The molecule has 1 saturated carbocycles. The topological polar surface area (TPSA) is 181 Å². The van der Waals surface area contributed by atoms with E-state index in [1.165, 1.54) is 11.1 Å². The lowest BCUT2D eigenvalue weighted by atomic mass is 10.1. The number of imidazole rings is 1. The predicted molar refractivity (Wildman–Crippen MR) is 124 cm³/mol. The Balaban J connectivity index is 1.52. The van der Waals surface area contributed by atoms with Crippen LogP contribution in [0, 0.1) is 0 Å². The molecular formula is C21H32N10O4. The molecule has 2 fully saturated rings. The number of aliphatic hydroxyl groups excluding tert-OH is 3. The fourth-order valence-electron chi connectivity index (χ4n) is 4.74. The van der Waals surface area contributed by atoms with Crippen molar-refractivity contribution in [1.82, 2.24) is 39.7 Å². The van der Waals surface area contributed by atoms with Gasteiger partial charge in [0.25, 0.3) is 0 Å². The van der Waals surface area contributed by atoms with E-state index < -0.39 is 30.6 Å². The van der Waals surface area contributed by atoms with E-state index in [1.54, 1.807) is 11.6 Å². The fourth-order valence-corrected chi connectivity index (χ4v) is 4.74. The molecule has 4 heterocycles. The maximum absolute atomic E-state index is 10.8. The van der Waals surface area contributed by atoms with Crippen LogP contribution in [0.1, 0.15) is 64.1 Å². The molecule has 3 aromatic heterocycles. The van der Waals surface area contributed by atoms with E-state index >= 15 is 0 Å². The van der Waals surface area contributed by atoms with Crippen LogP contribution < -0.4 is 10.6 Å². The summed E-state index contributed by atoms with van der Waals surface area (Å²) in [5, 5.41) is 50.3. The van der Waals surface area contributed by atoms with Crippen molar-refractivity contribution in [2.75, 3.05) is 10.6 Å². The summed E-state index contributed by atoms with van der Waals surface area (Å²) in [6.45, 7) is 4.19. The summed E-state index contributed by atoms with van der Waals surface area (Å²) in [6, 6.07) is 0.0393. The minimum Gasteiger partial charge on any atom is -0.391 e. The summed E-state index contributed by atoms with van der Waals surface area (Å²) in [5.41, 5.74) is 0.938. The Hall–Kier alpha value is -2.94. The van der Waals surface area contributed by atoms with Crippen LogP contribution >= 0.6 is 0 Å². The largest absolute Gasteiger partial charge is 0.391 e. The molecule has 6 atom stereocenters. The van der Waals surface area contributed by atoms with Crippen molar-refractivity contribution in [3.05, 3.63) is 12.2 Å². The molecule has 5 rings (SSSR count). The van der Waals surface area contributed by atoms with Gasteiger partial charge in [-0.3, -0.25) is 4.57 Å². The van der Waals surface area contributed by atoms with Crippen molar-refractivity contribution in [1.29, 1.82) is 0 Å². The van der Waals surface area contributed by atoms with Crippen LogP contribution in [0.2, 0.25) is 0 Å². The highest BCUT2D eigenvalue weighted by molar-refractivity contribution is 5.84. The summed E-state index contributed by atoms with van der Waals surface area (Å²) in [7, 11) is 1.61. The number of tetrazole rings is 1. The number of aliphatic hydroxyl groups is 3. The van der Waals surface area contributed by atoms with Crippen LogP contribution in [-0.4, -0.2) is 85.4 Å². The SMILES string of the molecule is CCC(CC)Nc1nc(N[C@@H]2CCC[C@H]2O)nc2c1ncn2[C@@H]1O[C@H](c2nnn(C)n2)[C@@H](O)[C@H]1O. The summed E-state index contributed by atoms with van der Waals surface area (Å²) in [6.07, 6.45) is 0.832. The number of nitrogens with one attached hydrogen (secondary N) is 2.